The van der Waals surface area contributed by atoms with E-state index in [1.165, 1.54) is 21.3 Å². The number of fused-ring (bicyclic) bond motifs is 1. The van der Waals surface area contributed by atoms with Crippen LogP contribution in [0.15, 0.2) is 30.3 Å². The molecule has 1 aromatic carbocycles. The maximum atomic E-state index is 12.9. The Balaban J connectivity index is 1.85. The summed E-state index contributed by atoms with van der Waals surface area (Å²) in [6.07, 6.45) is 1.07. The van der Waals surface area contributed by atoms with Crippen LogP contribution in [0.4, 0.5) is 4.79 Å². The van der Waals surface area contributed by atoms with Crippen molar-refractivity contribution in [2.24, 2.45) is 5.92 Å². The fourth-order valence-electron chi connectivity index (χ4n) is 4.05. The van der Waals surface area contributed by atoms with Gasteiger partial charge in [0.25, 0.3) is 5.91 Å². The van der Waals surface area contributed by atoms with E-state index in [1.807, 2.05) is 30.3 Å². The second kappa shape index (κ2) is 8.15. The molecule has 0 spiro atoms. The molecule has 9 nitrogen and oxygen atoms in total. The summed E-state index contributed by atoms with van der Waals surface area (Å²) in [5, 5.41) is 2.16. The first-order chi connectivity index (χ1) is 13.4. The lowest BCUT2D eigenvalue weighted by molar-refractivity contribution is -0.175. The van der Waals surface area contributed by atoms with Crippen molar-refractivity contribution in [2.45, 2.75) is 37.5 Å². The molecule has 1 aromatic rings. The molecule has 1 aliphatic heterocycles. The van der Waals surface area contributed by atoms with Gasteiger partial charge in [-0.25, -0.2) is 25.1 Å². The highest BCUT2D eigenvalue weighted by Gasteiger charge is 2.64. The number of carbonyl (C=O) groups is 3. The monoisotopic (exact) mass is 391 g/mol. The molecule has 2 fully saturated rings. The average molecular weight is 391 g/mol. The Labute approximate surface area is 163 Å². The van der Waals surface area contributed by atoms with Crippen molar-refractivity contribution < 1.29 is 28.7 Å². The number of benzene rings is 1. The van der Waals surface area contributed by atoms with E-state index < -0.39 is 35.5 Å². The number of esters is 1. The quantitative estimate of drug-likeness (QED) is 0.596. The minimum atomic E-state index is -1.13. The molecule has 1 aliphatic carbocycles. The lowest BCUT2D eigenvalue weighted by Crippen LogP contribution is -2.55. The molecule has 3 rings (SSSR count). The maximum absolute atomic E-state index is 12.9. The van der Waals surface area contributed by atoms with Crippen LogP contribution in [0.1, 0.15) is 24.8 Å². The number of carbonyl (C=O) groups excluding carboxylic acids is 3. The van der Waals surface area contributed by atoms with E-state index in [0.717, 1.165) is 22.1 Å². The van der Waals surface area contributed by atoms with Gasteiger partial charge in [0.1, 0.15) is 18.2 Å². The van der Waals surface area contributed by atoms with Crippen LogP contribution in [0.2, 0.25) is 0 Å². The first-order valence-corrected chi connectivity index (χ1v) is 9.12. The topological polar surface area (TPSA) is 97.4 Å². The van der Waals surface area contributed by atoms with E-state index in [2.05, 4.69) is 5.43 Å². The van der Waals surface area contributed by atoms with Crippen molar-refractivity contribution in [1.29, 1.82) is 0 Å². The molecule has 0 bridgehead atoms. The zero-order valence-corrected chi connectivity index (χ0v) is 16.2. The summed E-state index contributed by atoms with van der Waals surface area (Å²) in [5.41, 5.74) is 2.63. The van der Waals surface area contributed by atoms with Crippen LogP contribution in [0.25, 0.3) is 0 Å². The van der Waals surface area contributed by atoms with Crippen LogP contribution in [0, 0.1) is 5.92 Å². The third-order valence-electron chi connectivity index (χ3n) is 5.49. The maximum Gasteiger partial charge on any atom is 0.425 e. The minimum absolute atomic E-state index is 0.0504. The highest BCUT2D eigenvalue weighted by atomic mass is 16.7. The number of likely N-dealkylation sites (N-methyl/N-ethyl adjacent to an activating group) is 1. The first kappa shape index (κ1) is 20.1. The van der Waals surface area contributed by atoms with Gasteiger partial charge in [0.05, 0.1) is 14.2 Å². The molecule has 28 heavy (non-hydrogen) atoms. The molecule has 2 amide bonds. The molecular formula is C19H25N3O6. The molecule has 0 aromatic heterocycles. The molecule has 1 saturated heterocycles. The molecule has 0 radical (unpaired) electrons. The van der Waals surface area contributed by atoms with Gasteiger partial charge in [-0.2, -0.15) is 0 Å². The molecule has 1 N–H and O–H groups in total. The third-order valence-corrected chi connectivity index (χ3v) is 5.49. The summed E-state index contributed by atoms with van der Waals surface area (Å²) >= 11 is 0. The number of hydrogen-bond donors (Lipinski definition) is 1. The van der Waals surface area contributed by atoms with Gasteiger partial charge in [0.15, 0.2) is 0 Å². The summed E-state index contributed by atoms with van der Waals surface area (Å²) < 4.78 is 10.4. The van der Waals surface area contributed by atoms with Crippen LogP contribution in [-0.4, -0.2) is 60.9 Å². The summed E-state index contributed by atoms with van der Waals surface area (Å²) in [6, 6.07) is 8.27. The van der Waals surface area contributed by atoms with Crippen LogP contribution in [0.3, 0.4) is 0 Å². The number of nitrogens with one attached hydrogen (secondary N) is 1. The second-order valence-corrected chi connectivity index (χ2v) is 6.95. The third kappa shape index (κ3) is 3.43. The van der Waals surface area contributed by atoms with Crippen molar-refractivity contribution in [3.05, 3.63) is 35.9 Å². The van der Waals surface area contributed by atoms with Gasteiger partial charge >= 0.3 is 12.1 Å². The van der Waals surface area contributed by atoms with Crippen molar-refractivity contribution in [2.75, 3.05) is 21.3 Å². The Hall–Kier alpha value is -2.65. The average Bonchev–Trinajstić information content (AvgIpc) is 3.28. The molecule has 0 unspecified atom stereocenters. The Morgan fingerprint density at radius 2 is 1.96 bits per heavy atom. The standard InChI is InChI=1S/C19H25N3O6/c1-21(27-3)16(23)15-14-10-7-11-19(14,17(24)26-2)20-22(15)18(25)28-12-13-8-5-4-6-9-13/h4-6,8-9,14-15,20H,7,10-12H2,1-3H3/t14-,15+,19-/m1/s1. The predicted octanol–water partition coefficient (Wildman–Crippen LogP) is 1.24. The van der Waals surface area contributed by atoms with E-state index in [0.29, 0.717) is 12.8 Å². The Kier molecular flexibility index (Phi) is 5.85. The van der Waals surface area contributed by atoms with Crippen molar-refractivity contribution >= 4 is 18.0 Å². The van der Waals surface area contributed by atoms with Gasteiger partial charge in [-0.3, -0.25) is 9.63 Å². The fraction of sp³-hybridized carbons (Fsp3) is 0.526. The first-order valence-electron chi connectivity index (χ1n) is 9.12. The van der Waals surface area contributed by atoms with Crippen LogP contribution >= 0.6 is 0 Å². The van der Waals surface area contributed by atoms with Crippen LogP contribution in [0.5, 0.6) is 0 Å². The van der Waals surface area contributed by atoms with Gasteiger partial charge < -0.3 is 9.47 Å². The van der Waals surface area contributed by atoms with E-state index in [4.69, 9.17) is 14.3 Å². The Morgan fingerprint density at radius 3 is 2.61 bits per heavy atom. The molecule has 1 saturated carbocycles. The number of hydrogen-bond acceptors (Lipinski definition) is 7. The number of hydrazine groups is 1. The second-order valence-electron chi connectivity index (χ2n) is 6.95. The molecular weight excluding hydrogens is 366 g/mol. The van der Waals surface area contributed by atoms with Crippen molar-refractivity contribution in [3.63, 3.8) is 0 Å². The van der Waals surface area contributed by atoms with Gasteiger partial charge in [-0.1, -0.05) is 36.8 Å². The predicted molar refractivity (Wildman–Crippen MR) is 97.3 cm³/mol. The van der Waals surface area contributed by atoms with Crippen molar-refractivity contribution in [3.8, 4) is 0 Å². The molecule has 2 aliphatic rings. The SMILES string of the molecule is COC(=O)[C@@]12CCC[C@@H]1[C@@H](C(=O)N(C)OC)N(C(=O)OCc1ccccc1)N2. The largest absolute Gasteiger partial charge is 0.468 e. The highest BCUT2D eigenvalue weighted by Crippen LogP contribution is 2.45. The zero-order valence-electron chi connectivity index (χ0n) is 16.2. The minimum Gasteiger partial charge on any atom is -0.468 e. The number of rotatable bonds is 5. The lowest BCUT2D eigenvalue weighted by atomic mass is 9.84. The number of methoxy groups -OCH3 is 1. The normalized spacial score (nSPS) is 25.9. The van der Waals surface area contributed by atoms with Gasteiger partial charge in [-0.15, -0.1) is 0 Å². The smallest absolute Gasteiger partial charge is 0.425 e. The van der Waals surface area contributed by atoms with E-state index in [1.54, 1.807) is 0 Å². The molecule has 152 valence electrons. The Bertz CT molecular complexity index is 742. The molecule has 1 heterocycles. The van der Waals surface area contributed by atoms with E-state index in [9.17, 15) is 14.4 Å². The van der Waals surface area contributed by atoms with Crippen LogP contribution in [-0.2, 0) is 30.5 Å². The lowest BCUT2D eigenvalue weighted by Gasteiger charge is -2.27. The number of nitrogens with zero attached hydrogens (tertiary/aromatic N) is 2. The summed E-state index contributed by atoms with van der Waals surface area (Å²) in [4.78, 5) is 43.3. The Morgan fingerprint density at radius 1 is 1.25 bits per heavy atom. The van der Waals surface area contributed by atoms with E-state index in [-0.39, 0.29) is 6.61 Å². The van der Waals surface area contributed by atoms with Gasteiger partial charge in [-0.05, 0) is 18.4 Å². The number of hydroxylamine groups is 2. The van der Waals surface area contributed by atoms with Crippen molar-refractivity contribution in [1.82, 2.24) is 15.5 Å². The fourth-order valence-corrected chi connectivity index (χ4v) is 4.05. The molecule has 9 heteroatoms. The summed E-state index contributed by atoms with van der Waals surface area (Å²) in [6.45, 7) is 0.0504. The highest BCUT2D eigenvalue weighted by molar-refractivity contribution is 5.91. The van der Waals surface area contributed by atoms with Gasteiger partial charge in [0, 0.05) is 13.0 Å². The number of ether oxygens (including phenoxy) is 2. The van der Waals surface area contributed by atoms with Crippen LogP contribution < -0.4 is 5.43 Å². The summed E-state index contributed by atoms with van der Waals surface area (Å²) in [5.74, 6) is -1.37. The summed E-state index contributed by atoms with van der Waals surface area (Å²) in [7, 11) is 4.12. The van der Waals surface area contributed by atoms with Gasteiger partial charge in [0.2, 0.25) is 0 Å². The van der Waals surface area contributed by atoms with E-state index >= 15 is 0 Å². The zero-order chi connectivity index (χ0) is 20.3. The molecule has 3 atom stereocenters. The number of amides is 2.